The van der Waals surface area contributed by atoms with Crippen LogP contribution in [0.25, 0.3) is 0 Å². The summed E-state index contributed by atoms with van der Waals surface area (Å²) in [5.41, 5.74) is 1.59. The van der Waals surface area contributed by atoms with E-state index in [0.717, 1.165) is 18.5 Å². The molecule has 1 heterocycles. The van der Waals surface area contributed by atoms with Crippen LogP contribution in [0.2, 0.25) is 5.02 Å². The van der Waals surface area contributed by atoms with E-state index in [1.807, 2.05) is 19.0 Å². The molecule has 1 saturated heterocycles. The van der Waals surface area contributed by atoms with Crippen molar-refractivity contribution in [2.45, 2.75) is 31.7 Å². The van der Waals surface area contributed by atoms with Gasteiger partial charge >= 0.3 is 0 Å². The maximum absolute atomic E-state index is 12.9. The van der Waals surface area contributed by atoms with Crippen molar-refractivity contribution in [3.8, 4) is 0 Å². The van der Waals surface area contributed by atoms with E-state index < -0.39 is 23.8 Å². The van der Waals surface area contributed by atoms with E-state index in [1.54, 1.807) is 53.4 Å². The Morgan fingerprint density at radius 1 is 1.03 bits per heavy atom. The average molecular weight is 514 g/mol. The van der Waals surface area contributed by atoms with Gasteiger partial charge < -0.3 is 25.8 Å². The van der Waals surface area contributed by atoms with E-state index in [-0.39, 0.29) is 12.3 Å². The van der Waals surface area contributed by atoms with Crippen molar-refractivity contribution in [1.82, 2.24) is 15.5 Å². The highest BCUT2D eigenvalue weighted by Gasteiger charge is 2.25. The molecule has 4 amide bonds. The second kappa shape index (κ2) is 13.0. The van der Waals surface area contributed by atoms with Gasteiger partial charge in [0.2, 0.25) is 17.7 Å². The second-order valence-corrected chi connectivity index (χ2v) is 9.37. The number of benzene rings is 2. The largest absolute Gasteiger partial charge is 0.353 e. The number of likely N-dealkylation sites (N-methyl/N-ethyl adjacent to an activating group) is 1. The van der Waals surface area contributed by atoms with Crippen LogP contribution in [-0.4, -0.2) is 68.3 Å². The maximum Gasteiger partial charge on any atom is 0.251 e. The Bertz CT molecular complexity index is 1070. The lowest BCUT2D eigenvalue weighted by molar-refractivity contribution is -0.126. The summed E-state index contributed by atoms with van der Waals surface area (Å²) in [6.45, 7) is 1.64. The number of halogens is 1. The van der Waals surface area contributed by atoms with Gasteiger partial charge in [0, 0.05) is 48.0 Å². The Kier molecular flexibility index (Phi) is 9.84. The Labute approximate surface area is 216 Å². The Balaban J connectivity index is 1.67. The minimum absolute atomic E-state index is 0.0691. The molecule has 1 aliphatic heterocycles. The molecular formula is C26H32ClN5O4. The number of amides is 4. The first-order valence-corrected chi connectivity index (χ1v) is 12.3. The zero-order valence-corrected chi connectivity index (χ0v) is 21.3. The van der Waals surface area contributed by atoms with Gasteiger partial charge in [0.1, 0.15) is 6.04 Å². The predicted octanol–water partition coefficient (Wildman–Crippen LogP) is 2.66. The van der Waals surface area contributed by atoms with Crippen LogP contribution >= 0.6 is 11.6 Å². The van der Waals surface area contributed by atoms with Crippen LogP contribution in [0, 0.1) is 0 Å². The number of hydrogen-bond acceptors (Lipinski definition) is 5. The molecule has 0 radical (unpaired) electrons. The summed E-state index contributed by atoms with van der Waals surface area (Å²) in [6, 6.07) is 12.2. The van der Waals surface area contributed by atoms with Gasteiger partial charge in [-0.15, -0.1) is 0 Å². The third kappa shape index (κ3) is 8.07. The lowest BCUT2D eigenvalue weighted by Crippen LogP contribution is -2.49. The van der Waals surface area contributed by atoms with Crippen molar-refractivity contribution in [2.75, 3.05) is 43.9 Å². The SMILES string of the molecule is CN(C)CCNC(=O)C(CC(=O)Nc1ccc(Cl)cc1)NC(=O)c1ccc(N2CCCCC2=O)cc1. The molecular weight excluding hydrogens is 482 g/mol. The zero-order chi connectivity index (χ0) is 26.1. The number of rotatable bonds is 10. The molecule has 1 unspecified atom stereocenters. The average Bonchev–Trinajstić information content (AvgIpc) is 2.85. The third-order valence-corrected chi connectivity index (χ3v) is 6.01. The molecule has 1 aliphatic rings. The van der Waals surface area contributed by atoms with Crippen LogP contribution in [0.15, 0.2) is 48.5 Å². The molecule has 0 spiro atoms. The summed E-state index contributed by atoms with van der Waals surface area (Å²) < 4.78 is 0. The van der Waals surface area contributed by atoms with Crippen LogP contribution in [-0.2, 0) is 14.4 Å². The molecule has 1 fully saturated rings. The highest BCUT2D eigenvalue weighted by molar-refractivity contribution is 6.30. The standard InChI is InChI=1S/C26H32ClN5O4/c1-31(2)16-14-28-26(36)22(17-23(33)29-20-10-8-19(27)9-11-20)30-25(35)18-6-12-21(13-7-18)32-15-4-3-5-24(32)34/h6-13,22H,3-5,14-17H2,1-2H3,(H,28,36)(H,29,33)(H,30,35). The summed E-state index contributed by atoms with van der Waals surface area (Å²) >= 11 is 5.89. The maximum atomic E-state index is 12.9. The molecule has 2 aromatic rings. The zero-order valence-electron chi connectivity index (χ0n) is 20.6. The van der Waals surface area contributed by atoms with Gasteiger partial charge in [0.25, 0.3) is 5.91 Å². The highest BCUT2D eigenvalue weighted by atomic mass is 35.5. The molecule has 2 aromatic carbocycles. The van der Waals surface area contributed by atoms with Crippen molar-refractivity contribution < 1.29 is 19.2 Å². The molecule has 9 nitrogen and oxygen atoms in total. The first-order chi connectivity index (χ1) is 17.2. The highest BCUT2D eigenvalue weighted by Crippen LogP contribution is 2.21. The molecule has 3 rings (SSSR count). The number of nitrogens with zero attached hydrogens (tertiary/aromatic N) is 2. The van der Waals surface area contributed by atoms with E-state index >= 15 is 0 Å². The fourth-order valence-electron chi connectivity index (χ4n) is 3.78. The monoisotopic (exact) mass is 513 g/mol. The molecule has 192 valence electrons. The summed E-state index contributed by atoms with van der Waals surface area (Å²) in [5.74, 6) is -1.30. The van der Waals surface area contributed by atoms with Crippen molar-refractivity contribution >= 4 is 46.6 Å². The summed E-state index contributed by atoms with van der Waals surface area (Å²) in [4.78, 5) is 54.2. The minimum Gasteiger partial charge on any atom is -0.353 e. The van der Waals surface area contributed by atoms with Gasteiger partial charge in [-0.3, -0.25) is 19.2 Å². The number of carbonyl (C=O) groups is 4. The smallest absolute Gasteiger partial charge is 0.251 e. The van der Waals surface area contributed by atoms with Gasteiger partial charge in [0.05, 0.1) is 6.42 Å². The van der Waals surface area contributed by atoms with Crippen LogP contribution in [0.5, 0.6) is 0 Å². The molecule has 0 bridgehead atoms. The van der Waals surface area contributed by atoms with Gasteiger partial charge in [-0.25, -0.2) is 0 Å². The topological polar surface area (TPSA) is 111 Å². The number of carbonyl (C=O) groups excluding carboxylic acids is 4. The molecule has 36 heavy (non-hydrogen) atoms. The quantitative estimate of drug-likeness (QED) is 0.452. The minimum atomic E-state index is -1.07. The fourth-order valence-corrected chi connectivity index (χ4v) is 3.91. The number of nitrogens with one attached hydrogen (secondary N) is 3. The summed E-state index contributed by atoms with van der Waals surface area (Å²) in [7, 11) is 3.76. The predicted molar refractivity (Wildman–Crippen MR) is 140 cm³/mol. The number of anilines is 2. The number of hydrogen-bond donors (Lipinski definition) is 3. The lowest BCUT2D eigenvalue weighted by atomic mass is 10.1. The molecule has 0 aliphatic carbocycles. The fraction of sp³-hybridized carbons (Fsp3) is 0.385. The molecule has 0 saturated carbocycles. The molecule has 1 atom stereocenters. The van der Waals surface area contributed by atoms with E-state index in [0.29, 0.717) is 42.3 Å². The summed E-state index contributed by atoms with van der Waals surface area (Å²) in [5, 5.41) is 8.70. The van der Waals surface area contributed by atoms with Crippen molar-refractivity contribution in [2.24, 2.45) is 0 Å². The van der Waals surface area contributed by atoms with Crippen molar-refractivity contribution in [1.29, 1.82) is 0 Å². The lowest BCUT2D eigenvalue weighted by Gasteiger charge is -2.26. The van der Waals surface area contributed by atoms with E-state index in [1.165, 1.54) is 0 Å². The Morgan fingerprint density at radius 2 is 1.72 bits per heavy atom. The van der Waals surface area contributed by atoms with Gasteiger partial charge in [-0.05, 0) is 75.5 Å². The van der Waals surface area contributed by atoms with Crippen LogP contribution in [0.3, 0.4) is 0 Å². The Morgan fingerprint density at radius 3 is 2.36 bits per heavy atom. The molecule has 3 N–H and O–H groups in total. The van der Waals surface area contributed by atoms with Gasteiger partial charge in [0.15, 0.2) is 0 Å². The second-order valence-electron chi connectivity index (χ2n) is 8.93. The summed E-state index contributed by atoms with van der Waals surface area (Å²) in [6.07, 6.45) is 2.10. The van der Waals surface area contributed by atoms with E-state index in [2.05, 4.69) is 16.0 Å². The van der Waals surface area contributed by atoms with Crippen molar-refractivity contribution in [3.05, 3.63) is 59.1 Å². The number of piperidine rings is 1. The van der Waals surface area contributed by atoms with Gasteiger partial charge in [-0.2, -0.15) is 0 Å². The molecule has 0 aromatic heterocycles. The van der Waals surface area contributed by atoms with Crippen molar-refractivity contribution in [3.63, 3.8) is 0 Å². The van der Waals surface area contributed by atoms with Crippen LogP contribution in [0.1, 0.15) is 36.0 Å². The van der Waals surface area contributed by atoms with Crippen LogP contribution in [0.4, 0.5) is 11.4 Å². The normalized spacial score (nSPS) is 14.3. The third-order valence-electron chi connectivity index (χ3n) is 5.76. The van der Waals surface area contributed by atoms with Crippen LogP contribution < -0.4 is 20.9 Å². The first kappa shape index (κ1) is 27.2. The van der Waals surface area contributed by atoms with E-state index in [4.69, 9.17) is 11.6 Å². The van der Waals surface area contributed by atoms with Gasteiger partial charge in [-0.1, -0.05) is 11.6 Å². The first-order valence-electron chi connectivity index (χ1n) is 11.9. The Hall–Kier alpha value is -3.43. The molecule has 10 heteroatoms. The van der Waals surface area contributed by atoms with E-state index in [9.17, 15) is 19.2 Å².